The maximum absolute atomic E-state index is 13.2. The highest BCUT2D eigenvalue weighted by atomic mass is 32.1. The van der Waals surface area contributed by atoms with Crippen molar-refractivity contribution in [1.29, 1.82) is 0 Å². The van der Waals surface area contributed by atoms with Crippen LogP contribution in [0.3, 0.4) is 0 Å². The van der Waals surface area contributed by atoms with E-state index in [0.717, 1.165) is 11.3 Å². The van der Waals surface area contributed by atoms with Crippen molar-refractivity contribution in [2.24, 2.45) is 0 Å². The average molecular weight is 267 g/mol. The SMILES string of the molecule is O=C(NCc1ncccc1F)c1nc(CO)cs1. The van der Waals surface area contributed by atoms with Crippen molar-refractivity contribution >= 4 is 17.2 Å². The molecule has 2 heterocycles. The van der Waals surface area contributed by atoms with Crippen LogP contribution in [0.15, 0.2) is 23.7 Å². The maximum atomic E-state index is 13.2. The van der Waals surface area contributed by atoms with E-state index in [4.69, 9.17) is 5.11 Å². The quantitative estimate of drug-likeness (QED) is 0.869. The van der Waals surface area contributed by atoms with Crippen LogP contribution in [0.4, 0.5) is 4.39 Å². The van der Waals surface area contributed by atoms with Gasteiger partial charge in [0, 0.05) is 11.6 Å². The van der Waals surface area contributed by atoms with E-state index in [-0.39, 0.29) is 23.9 Å². The number of thiazole rings is 1. The molecule has 18 heavy (non-hydrogen) atoms. The van der Waals surface area contributed by atoms with Crippen LogP contribution < -0.4 is 5.32 Å². The van der Waals surface area contributed by atoms with Crippen LogP contribution in [0.5, 0.6) is 0 Å². The van der Waals surface area contributed by atoms with Gasteiger partial charge in [-0.15, -0.1) is 11.3 Å². The number of nitrogens with zero attached hydrogens (tertiary/aromatic N) is 2. The zero-order chi connectivity index (χ0) is 13.0. The van der Waals surface area contributed by atoms with Crippen LogP contribution in [0.1, 0.15) is 21.2 Å². The van der Waals surface area contributed by atoms with Crippen LogP contribution >= 0.6 is 11.3 Å². The van der Waals surface area contributed by atoms with E-state index in [9.17, 15) is 9.18 Å². The van der Waals surface area contributed by atoms with E-state index >= 15 is 0 Å². The van der Waals surface area contributed by atoms with Crippen LogP contribution in [0, 0.1) is 5.82 Å². The fourth-order valence-corrected chi connectivity index (χ4v) is 2.00. The highest BCUT2D eigenvalue weighted by molar-refractivity contribution is 7.11. The number of amides is 1. The van der Waals surface area contributed by atoms with Crippen molar-refractivity contribution in [2.45, 2.75) is 13.2 Å². The van der Waals surface area contributed by atoms with Gasteiger partial charge < -0.3 is 10.4 Å². The molecule has 2 N–H and O–H groups in total. The van der Waals surface area contributed by atoms with Gasteiger partial charge in [0.25, 0.3) is 5.91 Å². The minimum atomic E-state index is -0.465. The van der Waals surface area contributed by atoms with Crippen molar-refractivity contribution in [3.8, 4) is 0 Å². The number of carbonyl (C=O) groups excluding carboxylic acids is 1. The van der Waals surface area contributed by atoms with E-state index in [1.165, 1.54) is 18.3 Å². The lowest BCUT2D eigenvalue weighted by Gasteiger charge is -2.03. The molecule has 1 amide bonds. The van der Waals surface area contributed by atoms with E-state index in [0.29, 0.717) is 5.69 Å². The van der Waals surface area contributed by atoms with Crippen molar-refractivity contribution in [3.63, 3.8) is 0 Å². The molecular weight excluding hydrogens is 257 g/mol. The molecule has 0 aliphatic carbocycles. The largest absolute Gasteiger partial charge is 0.390 e. The Morgan fingerprint density at radius 3 is 3.06 bits per heavy atom. The van der Waals surface area contributed by atoms with Gasteiger partial charge in [-0.2, -0.15) is 0 Å². The van der Waals surface area contributed by atoms with Gasteiger partial charge in [0.2, 0.25) is 0 Å². The molecule has 0 spiro atoms. The van der Waals surface area contributed by atoms with Gasteiger partial charge in [0.1, 0.15) is 5.82 Å². The zero-order valence-electron chi connectivity index (χ0n) is 9.26. The van der Waals surface area contributed by atoms with Crippen LogP contribution in [-0.2, 0) is 13.2 Å². The molecule has 2 rings (SSSR count). The molecule has 0 saturated heterocycles. The fraction of sp³-hybridized carbons (Fsp3) is 0.182. The third-order valence-electron chi connectivity index (χ3n) is 2.16. The lowest BCUT2D eigenvalue weighted by atomic mass is 10.3. The molecule has 7 heteroatoms. The van der Waals surface area contributed by atoms with Crippen molar-refractivity contribution in [1.82, 2.24) is 15.3 Å². The number of pyridine rings is 1. The molecule has 0 unspecified atom stereocenters. The molecule has 0 radical (unpaired) electrons. The van der Waals surface area contributed by atoms with Crippen LogP contribution in [-0.4, -0.2) is 21.0 Å². The van der Waals surface area contributed by atoms with Crippen molar-refractivity contribution in [2.75, 3.05) is 0 Å². The fourth-order valence-electron chi connectivity index (χ4n) is 1.27. The van der Waals surface area contributed by atoms with Gasteiger partial charge in [-0.25, -0.2) is 9.37 Å². The number of hydrogen-bond acceptors (Lipinski definition) is 5. The summed E-state index contributed by atoms with van der Waals surface area (Å²) in [5, 5.41) is 13.2. The molecule has 94 valence electrons. The standard InChI is InChI=1S/C11H10FN3O2S/c12-8-2-1-3-13-9(8)4-14-10(17)11-15-7(5-16)6-18-11/h1-3,6,16H,4-5H2,(H,14,17). The molecule has 0 aliphatic heterocycles. The third-order valence-corrected chi connectivity index (χ3v) is 3.05. The Morgan fingerprint density at radius 1 is 1.56 bits per heavy atom. The molecule has 0 atom stereocenters. The average Bonchev–Trinajstić information content (AvgIpc) is 2.86. The first-order valence-corrected chi connectivity index (χ1v) is 6.01. The first-order valence-electron chi connectivity index (χ1n) is 5.13. The molecule has 0 aromatic carbocycles. The number of carbonyl (C=O) groups is 1. The van der Waals surface area contributed by atoms with E-state index in [1.54, 1.807) is 5.38 Å². The maximum Gasteiger partial charge on any atom is 0.280 e. The summed E-state index contributed by atoms with van der Waals surface area (Å²) in [6.45, 7) is -0.210. The Labute approximate surface area is 106 Å². The second kappa shape index (κ2) is 5.65. The minimum absolute atomic E-state index is 0.000451. The lowest BCUT2D eigenvalue weighted by Crippen LogP contribution is -2.23. The summed E-state index contributed by atoms with van der Waals surface area (Å²) in [5.74, 6) is -0.877. The molecular formula is C11H10FN3O2S. The van der Waals surface area contributed by atoms with Gasteiger partial charge in [0.15, 0.2) is 5.01 Å². The number of halogens is 1. The molecule has 5 nitrogen and oxygen atoms in total. The lowest BCUT2D eigenvalue weighted by molar-refractivity contribution is 0.0949. The predicted octanol–water partition coefficient (Wildman–Crippen LogP) is 1.10. The Balaban J connectivity index is 1.98. The third kappa shape index (κ3) is 2.88. The molecule has 2 aromatic rings. The predicted molar refractivity (Wildman–Crippen MR) is 63.4 cm³/mol. The summed E-state index contributed by atoms with van der Waals surface area (Å²) >= 11 is 1.12. The number of nitrogens with one attached hydrogen (secondary N) is 1. The second-order valence-electron chi connectivity index (χ2n) is 3.42. The highest BCUT2D eigenvalue weighted by Crippen LogP contribution is 2.10. The smallest absolute Gasteiger partial charge is 0.280 e. The number of hydrogen-bond donors (Lipinski definition) is 2. The Morgan fingerprint density at radius 2 is 2.39 bits per heavy atom. The van der Waals surface area contributed by atoms with Crippen molar-refractivity contribution < 1.29 is 14.3 Å². The van der Waals surface area contributed by atoms with E-state index in [1.807, 2.05) is 0 Å². The number of aliphatic hydroxyl groups is 1. The first kappa shape index (κ1) is 12.6. The number of rotatable bonds is 4. The summed E-state index contributed by atoms with van der Waals surface area (Å²) in [7, 11) is 0. The summed E-state index contributed by atoms with van der Waals surface area (Å²) in [5.41, 5.74) is 0.610. The van der Waals surface area contributed by atoms with Crippen LogP contribution in [0.2, 0.25) is 0 Å². The van der Waals surface area contributed by atoms with Gasteiger partial charge in [-0.05, 0) is 12.1 Å². The molecule has 0 saturated carbocycles. The Bertz CT molecular complexity index is 559. The number of aromatic nitrogens is 2. The normalized spacial score (nSPS) is 10.3. The van der Waals surface area contributed by atoms with E-state index < -0.39 is 11.7 Å². The topological polar surface area (TPSA) is 75.1 Å². The second-order valence-corrected chi connectivity index (χ2v) is 4.27. The van der Waals surface area contributed by atoms with Gasteiger partial charge in [0.05, 0.1) is 24.5 Å². The molecule has 0 aliphatic rings. The molecule has 0 fully saturated rings. The zero-order valence-corrected chi connectivity index (χ0v) is 10.1. The summed E-state index contributed by atoms with van der Waals surface area (Å²) in [6, 6.07) is 2.76. The Kier molecular flexibility index (Phi) is 3.96. The molecule has 2 aromatic heterocycles. The minimum Gasteiger partial charge on any atom is -0.390 e. The van der Waals surface area contributed by atoms with Gasteiger partial charge >= 0.3 is 0 Å². The number of aliphatic hydroxyl groups excluding tert-OH is 1. The summed E-state index contributed by atoms with van der Waals surface area (Å²) in [4.78, 5) is 19.4. The first-order chi connectivity index (χ1) is 8.70. The monoisotopic (exact) mass is 267 g/mol. The van der Waals surface area contributed by atoms with Gasteiger partial charge in [-0.1, -0.05) is 0 Å². The summed E-state index contributed by atoms with van der Waals surface area (Å²) in [6.07, 6.45) is 1.46. The van der Waals surface area contributed by atoms with Crippen LogP contribution in [0.25, 0.3) is 0 Å². The van der Waals surface area contributed by atoms with Crippen molar-refractivity contribution in [3.05, 3.63) is 45.9 Å². The van der Waals surface area contributed by atoms with Gasteiger partial charge in [-0.3, -0.25) is 9.78 Å². The van der Waals surface area contributed by atoms with E-state index in [2.05, 4.69) is 15.3 Å². The highest BCUT2D eigenvalue weighted by Gasteiger charge is 2.11. The summed E-state index contributed by atoms with van der Waals surface area (Å²) < 4.78 is 13.2. The Hall–Kier alpha value is -1.86. The molecule has 0 bridgehead atoms.